The van der Waals surface area contributed by atoms with Gasteiger partial charge in [-0.15, -0.1) is 11.3 Å². The van der Waals surface area contributed by atoms with Crippen LogP contribution in [0.25, 0.3) is 0 Å². The van der Waals surface area contributed by atoms with E-state index in [-0.39, 0.29) is 12.3 Å². The quantitative estimate of drug-likeness (QED) is 0.793. The van der Waals surface area contributed by atoms with Gasteiger partial charge < -0.3 is 4.57 Å². The third kappa shape index (κ3) is 4.06. The van der Waals surface area contributed by atoms with E-state index >= 15 is 0 Å². The van der Waals surface area contributed by atoms with Gasteiger partial charge in [-0.2, -0.15) is 8.42 Å². The molecule has 0 saturated carbocycles. The first kappa shape index (κ1) is 16.9. The van der Waals surface area contributed by atoms with Gasteiger partial charge in [0.1, 0.15) is 5.25 Å². The smallest absolute Gasteiger partial charge is 0.273 e. The van der Waals surface area contributed by atoms with E-state index in [4.69, 9.17) is 5.41 Å². The average Bonchev–Trinajstić information content (AvgIpc) is 2.77. The third-order valence-corrected chi connectivity index (χ3v) is 5.28. The first-order valence-electron chi connectivity index (χ1n) is 7.02. The molecule has 0 amide bonds. The van der Waals surface area contributed by atoms with Crippen molar-refractivity contribution in [2.45, 2.75) is 32.1 Å². The van der Waals surface area contributed by atoms with Crippen LogP contribution in [0.3, 0.4) is 0 Å². The number of rotatable bonds is 6. The predicted octanol–water partition coefficient (Wildman–Crippen LogP) is 2.86. The molecule has 0 aliphatic heterocycles. The van der Waals surface area contributed by atoms with Crippen LogP contribution in [-0.2, 0) is 23.1 Å². The van der Waals surface area contributed by atoms with Crippen LogP contribution in [0.15, 0.2) is 35.7 Å². The van der Waals surface area contributed by atoms with E-state index in [2.05, 4.69) is 0 Å². The normalized spacial score (nSPS) is 13.5. The van der Waals surface area contributed by atoms with Crippen molar-refractivity contribution in [3.8, 4) is 0 Å². The summed E-state index contributed by atoms with van der Waals surface area (Å²) in [4.78, 5) is 0.297. The van der Waals surface area contributed by atoms with Gasteiger partial charge in [-0.05, 0) is 17.9 Å². The fourth-order valence-corrected chi connectivity index (χ4v) is 4.18. The van der Waals surface area contributed by atoms with E-state index in [0.29, 0.717) is 17.0 Å². The van der Waals surface area contributed by atoms with Gasteiger partial charge in [0.2, 0.25) is 0 Å². The minimum absolute atomic E-state index is 0.188. The molecular weight excluding hydrogens is 320 g/mol. The van der Waals surface area contributed by atoms with E-state index in [0.717, 1.165) is 5.56 Å². The largest absolute Gasteiger partial charge is 0.320 e. The zero-order chi connectivity index (χ0) is 16.3. The summed E-state index contributed by atoms with van der Waals surface area (Å²) in [6.07, 6.45) is 0.188. The van der Waals surface area contributed by atoms with Crippen LogP contribution >= 0.6 is 11.3 Å². The molecule has 1 atom stereocenters. The molecule has 2 aromatic rings. The molecule has 1 aromatic heterocycles. The number of hydrogen-bond donors (Lipinski definition) is 2. The first-order chi connectivity index (χ1) is 10.3. The van der Waals surface area contributed by atoms with Gasteiger partial charge in [0.15, 0.2) is 4.80 Å². The number of aromatic nitrogens is 1. The minimum Gasteiger partial charge on any atom is -0.320 e. The van der Waals surface area contributed by atoms with Crippen LogP contribution in [0.4, 0.5) is 0 Å². The maximum absolute atomic E-state index is 11.9. The van der Waals surface area contributed by atoms with Crippen molar-refractivity contribution in [2.24, 2.45) is 5.92 Å². The lowest BCUT2D eigenvalue weighted by atomic mass is 10.1. The lowest BCUT2D eigenvalue weighted by Crippen LogP contribution is -2.25. The van der Waals surface area contributed by atoms with Crippen LogP contribution in [0.5, 0.6) is 0 Å². The molecule has 0 radical (unpaired) electrons. The number of thiazole rings is 1. The molecule has 0 spiro atoms. The third-order valence-electron chi connectivity index (χ3n) is 3.35. The van der Waals surface area contributed by atoms with E-state index in [9.17, 15) is 13.0 Å². The van der Waals surface area contributed by atoms with Gasteiger partial charge in [0.05, 0.1) is 5.69 Å². The minimum atomic E-state index is -4.26. The highest BCUT2D eigenvalue weighted by Crippen LogP contribution is 2.27. The Morgan fingerprint density at radius 2 is 1.91 bits per heavy atom. The summed E-state index contributed by atoms with van der Waals surface area (Å²) in [6, 6.07) is 9.19. The standard InChI is InChI=1S/C15H20N2O3S2/c1-11(2)9-17-13(10-21-15(17)16)14(22(18,19)20)8-12-6-4-3-5-7-12/h3-7,10-11,14,16H,8-9H2,1-2H3,(H,18,19,20). The van der Waals surface area contributed by atoms with E-state index < -0.39 is 15.4 Å². The van der Waals surface area contributed by atoms with Crippen molar-refractivity contribution in [3.05, 3.63) is 51.8 Å². The molecule has 22 heavy (non-hydrogen) atoms. The van der Waals surface area contributed by atoms with Crippen molar-refractivity contribution >= 4 is 21.5 Å². The van der Waals surface area contributed by atoms with Crippen LogP contribution in [-0.4, -0.2) is 17.5 Å². The second-order valence-electron chi connectivity index (χ2n) is 5.66. The Hall–Kier alpha value is -1.44. The van der Waals surface area contributed by atoms with Gasteiger partial charge in [0.25, 0.3) is 10.1 Å². The fourth-order valence-electron chi connectivity index (χ4n) is 2.35. The average molecular weight is 340 g/mol. The molecule has 0 aliphatic rings. The van der Waals surface area contributed by atoms with Crippen molar-refractivity contribution in [1.29, 1.82) is 5.41 Å². The summed E-state index contributed by atoms with van der Waals surface area (Å²) in [7, 11) is -4.26. The summed E-state index contributed by atoms with van der Waals surface area (Å²) in [5.41, 5.74) is 1.31. The molecule has 1 aromatic carbocycles. The number of nitrogens with one attached hydrogen (secondary N) is 1. The Morgan fingerprint density at radius 1 is 1.27 bits per heavy atom. The van der Waals surface area contributed by atoms with Gasteiger partial charge >= 0.3 is 0 Å². The zero-order valence-corrected chi connectivity index (χ0v) is 14.2. The predicted molar refractivity (Wildman–Crippen MR) is 87.4 cm³/mol. The molecule has 5 nitrogen and oxygen atoms in total. The van der Waals surface area contributed by atoms with Gasteiger partial charge in [-0.1, -0.05) is 44.2 Å². The van der Waals surface area contributed by atoms with E-state index in [1.54, 1.807) is 9.95 Å². The Morgan fingerprint density at radius 3 is 2.45 bits per heavy atom. The highest BCUT2D eigenvalue weighted by Gasteiger charge is 2.29. The molecule has 7 heteroatoms. The lowest BCUT2D eigenvalue weighted by Gasteiger charge is -2.18. The molecule has 2 N–H and O–H groups in total. The fraction of sp³-hybridized carbons (Fsp3) is 0.400. The maximum Gasteiger partial charge on any atom is 0.273 e. The molecule has 0 fully saturated rings. The van der Waals surface area contributed by atoms with Crippen molar-refractivity contribution in [1.82, 2.24) is 4.57 Å². The van der Waals surface area contributed by atoms with Gasteiger partial charge in [-0.25, -0.2) is 0 Å². The Labute approximate surface area is 134 Å². The summed E-state index contributed by atoms with van der Waals surface area (Å²) >= 11 is 1.18. The molecular formula is C15H20N2O3S2. The number of benzene rings is 1. The molecule has 0 bridgehead atoms. The summed E-state index contributed by atoms with van der Waals surface area (Å²) in [5, 5.41) is 8.57. The van der Waals surface area contributed by atoms with Crippen molar-refractivity contribution < 1.29 is 13.0 Å². The molecule has 0 aliphatic carbocycles. The molecule has 1 unspecified atom stereocenters. The topological polar surface area (TPSA) is 83.2 Å². The highest BCUT2D eigenvalue weighted by atomic mass is 32.2. The van der Waals surface area contributed by atoms with E-state index in [1.165, 1.54) is 11.3 Å². The van der Waals surface area contributed by atoms with Crippen molar-refractivity contribution in [2.75, 3.05) is 0 Å². The molecule has 1 heterocycles. The molecule has 0 saturated heterocycles. The molecule has 120 valence electrons. The maximum atomic E-state index is 11.9. The van der Waals surface area contributed by atoms with Crippen LogP contribution in [0.2, 0.25) is 0 Å². The lowest BCUT2D eigenvalue weighted by molar-refractivity contribution is 0.453. The summed E-state index contributed by atoms with van der Waals surface area (Å²) < 4.78 is 35.1. The summed E-state index contributed by atoms with van der Waals surface area (Å²) in [5.74, 6) is 0.279. The number of nitrogens with zero attached hydrogens (tertiary/aromatic N) is 1. The monoisotopic (exact) mass is 340 g/mol. The Kier molecular flexibility index (Phi) is 5.20. The molecule has 2 rings (SSSR count). The SMILES string of the molecule is CC(C)Cn1c(C(Cc2ccccc2)S(=O)(=O)O)csc1=N. The second kappa shape index (κ2) is 6.76. The first-order valence-corrected chi connectivity index (χ1v) is 9.40. The highest BCUT2D eigenvalue weighted by molar-refractivity contribution is 7.86. The number of hydrogen-bond acceptors (Lipinski definition) is 4. The van der Waals surface area contributed by atoms with Gasteiger partial charge in [0, 0.05) is 11.9 Å². The van der Waals surface area contributed by atoms with Crippen LogP contribution < -0.4 is 4.80 Å². The Balaban J connectivity index is 2.45. The van der Waals surface area contributed by atoms with Crippen molar-refractivity contribution in [3.63, 3.8) is 0 Å². The summed E-state index contributed by atoms with van der Waals surface area (Å²) in [6.45, 7) is 4.57. The van der Waals surface area contributed by atoms with E-state index in [1.807, 2.05) is 44.2 Å². The second-order valence-corrected chi connectivity index (χ2v) is 8.12. The van der Waals surface area contributed by atoms with Gasteiger partial charge in [-0.3, -0.25) is 9.96 Å². The Bertz CT molecular complexity index is 777. The zero-order valence-electron chi connectivity index (χ0n) is 12.6. The van der Waals surface area contributed by atoms with Crippen LogP contribution in [0, 0.1) is 11.3 Å². The van der Waals surface area contributed by atoms with Crippen LogP contribution in [0.1, 0.15) is 30.4 Å².